The molecule has 6 aromatic rings. The number of benzene rings is 6. The van der Waals surface area contributed by atoms with E-state index in [0.29, 0.717) is 24.6 Å². The van der Waals surface area contributed by atoms with Crippen molar-refractivity contribution in [1.82, 2.24) is 10.6 Å². The Morgan fingerprint density at radius 1 is 0.473 bits per heavy atom. The second kappa shape index (κ2) is 18.6. The Kier molecular flexibility index (Phi) is 13.3. The number of nitrogens with one attached hydrogen (secondary N) is 2. The van der Waals surface area contributed by atoms with Crippen LogP contribution in [0.3, 0.4) is 0 Å². The van der Waals surface area contributed by atoms with Crippen molar-refractivity contribution in [3.8, 4) is 11.5 Å². The summed E-state index contributed by atoms with van der Waals surface area (Å²) in [5, 5.41) is 5.48. The molecule has 0 heterocycles. The van der Waals surface area contributed by atoms with Gasteiger partial charge in [-0.1, -0.05) is 85.9 Å². The second-order valence-electron chi connectivity index (χ2n) is 12.6. The average molecular weight is 775 g/mol. The van der Waals surface area contributed by atoms with Gasteiger partial charge in [-0.15, -0.1) is 0 Å². The smallest absolute Gasteiger partial charge is 0.410 e. The van der Waals surface area contributed by atoms with Crippen molar-refractivity contribution in [3.05, 3.63) is 179 Å². The van der Waals surface area contributed by atoms with E-state index < -0.39 is 17.6 Å². The van der Waals surface area contributed by atoms with Crippen molar-refractivity contribution < 1.29 is 27.8 Å². The molecule has 0 fully saturated rings. The summed E-state index contributed by atoms with van der Waals surface area (Å²) >= 11 is 3.06. The molecule has 280 valence electrons. The molecule has 0 aliphatic rings. The highest BCUT2D eigenvalue weighted by Gasteiger charge is 2.38. The number of rotatable bonds is 14. The lowest BCUT2D eigenvalue weighted by molar-refractivity contribution is 0.199. The summed E-state index contributed by atoms with van der Waals surface area (Å²) in [6.45, 7) is 4.95. The molecule has 0 aromatic heterocycles. The molecule has 0 radical (unpaired) electrons. The maximum absolute atomic E-state index is 13.6. The highest BCUT2D eigenvalue weighted by Crippen LogP contribution is 2.47. The standard InChI is InChI=1S/C45H40F2N2O4S2/c1-3-29-48-43(50)52-37-17-5-31(6-18-37)45(32-7-19-38(20-8-32)53-44(51)49-30-4-2,33-9-21-39(22-10-33)54-41-25-13-35(46)14-26-41)34-11-23-40(24-12-34)55-42-27-15-36(47)16-28-42/h5-28H,3-4,29-30H2,1-2H3,(H,48,50)(H,49,51). The molecule has 55 heavy (non-hydrogen) atoms. The highest BCUT2D eigenvalue weighted by molar-refractivity contribution is 7.99. The predicted molar refractivity (Wildman–Crippen MR) is 214 cm³/mol. The monoisotopic (exact) mass is 774 g/mol. The van der Waals surface area contributed by atoms with E-state index in [-0.39, 0.29) is 11.6 Å². The quantitative estimate of drug-likeness (QED) is 0.107. The van der Waals surface area contributed by atoms with Gasteiger partial charge in [0.1, 0.15) is 23.1 Å². The highest BCUT2D eigenvalue weighted by atomic mass is 32.2. The van der Waals surface area contributed by atoms with Gasteiger partial charge in [-0.05, 0) is 132 Å². The molecular formula is C45H40F2N2O4S2. The van der Waals surface area contributed by atoms with Crippen molar-refractivity contribution in [2.75, 3.05) is 13.1 Å². The maximum atomic E-state index is 13.6. The molecule has 2 N–H and O–H groups in total. The molecule has 0 aliphatic heterocycles. The third kappa shape index (κ3) is 9.95. The van der Waals surface area contributed by atoms with E-state index in [0.717, 1.165) is 54.7 Å². The van der Waals surface area contributed by atoms with Crippen LogP contribution in [0.2, 0.25) is 0 Å². The Morgan fingerprint density at radius 2 is 0.745 bits per heavy atom. The van der Waals surface area contributed by atoms with Crippen LogP contribution in [0.5, 0.6) is 11.5 Å². The average Bonchev–Trinajstić information content (AvgIpc) is 3.20. The lowest BCUT2D eigenvalue weighted by Gasteiger charge is -2.37. The van der Waals surface area contributed by atoms with Gasteiger partial charge < -0.3 is 20.1 Å². The minimum Gasteiger partial charge on any atom is -0.410 e. The van der Waals surface area contributed by atoms with Crippen molar-refractivity contribution >= 4 is 35.7 Å². The van der Waals surface area contributed by atoms with Crippen molar-refractivity contribution in [2.24, 2.45) is 0 Å². The second-order valence-corrected chi connectivity index (χ2v) is 14.9. The number of ether oxygens (including phenoxy) is 2. The fourth-order valence-corrected chi connectivity index (χ4v) is 7.74. The Hall–Kier alpha value is -5.58. The van der Waals surface area contributed by atoms with Crippen LogP contribution >= 0.6 is 23.5 Å². The van der Waals surface area contributed by atoms with E-state index >= 15 is 0 Å². The van der Waals surface area contributed by atoms with E-state index in [1.165, 1.54) is 47.8 Å². The number of carbonyl (C=O) groups excluding carboxylic acids is 2. The first kappa shape index (κ1) is 39.1. The molecule has 0 bridgehead atoms. The van der Waals surface area contributed by atoms with Gasteiger partial charge in [0.15, 0.2) is 0 Å². The molecule has 0 unspecified atom stereocenters. The lowest BCUT2D eigenvalue weighted by atomic mass is 9.65. The largest absolute Gasteiger partial charge is 0.412 e. The van der Waals surface area contributed by atoms with Gasteiger partial charge in [0.2, 0.25) is 0 Å². The molecule has 6 aromatic carbocycles. The van der Waals surface area contributed by atoms with Crippen LogP contribution in [-0.4, -0.2) is 25.3 Å². The van der Waals surface area contributed by atoms with Crippen molar-refractivity contribution in [3.63, 3.8) is 0 Å². The van der Waals surface area contributed by atoms with Gasteiger partial charge in [0.25, 0.3) is 0 Å². The van der Waals surface area contributed by atoms with E-state index in [4.69, 9.17) is 9.47 Å². The Bertz CT molecular complexity index is 2000. The topological polar surface area (TPSA) is 76.7 Å². The fourth-order valence-electron chi connectivity index (χ4n) is 6.11. The summed E-state index contributed by atoms with van der Waals surface area (Å²) in [6.07, 6.45) is 0.518. The number of hydrogen-bond acceptors (Lipinski definition) is 6. The Morgan fingerprint density at radius 3 is 1.04 bits per heavy atom. The number of amides is 2. The summed E-state index contributed by atoms with van der Waals surface area (Å²) < 4.78 is 38.4. The minimum atomic E-state index is -0.913. The number of halogens is 2. The summed E-state index contributed by atoms with van der Waals surface area (Å²) in [5.74, 6) is 0.209. The van der Waals surface area contributed by atoms with Gasteiger partial charge in [0.05, 0.1) is 5.41 Å². The van der Waals surface area contributed by atoms with Crippen LogP contribution in [0.15, 0.2) is 165 Å². The van der Waals surface area contributed by atoms with Crippen LogP contribution in [0.1, 0.15) is 48.9 Å². The third-order valence-electron chi connectivity index (χ3n) is 8.71. The van der Waals surface area contributed by atoms with Gasteiger partial charge >= 0.3 is 12.2 Å². The molecule has 10 heteroatoms. The molecule has 0 saturated carbocycles. The molecule has 0 saturated heterocycles. The summed E-state index contributed by atoms with van der Waals surface area (Å²) in [7, 11) is 0. The van der Waals surface area contributed by atoms with Crippen LogP contribution in [-0.2, 0) is 5.41 Å². The first-order chi connectivity index (χ1) is 26.8. The summed E-state index contributed by atoms with van der Waals surface area (Å²) in [6, 6.07) is 44.2. The Labute approximate surface area is 328 Å². The molecule has 6 nitrogen and oxygen atoms in total. The lowest BCUT2D eigenvalue weighted by Crippen LogP contribution is -2.31. The van der Waals surface area contributed by atoms with Crippen LogP contribution in [0, 0.1) is 11.6 Å². The van der Waals surface area contributed by atoms with E-state index in [2.05, 4.69) is 34.9 Å². The fraction of sp³-hybridized carbons (Fsp3) is 0.156. The van der Waals surface area contributed by atoms with Crippen LogP contribution in [0.4, 0.5) is 18.4 Å². The van der Waals surface area contributed by atoms with Crippen LogP contribution in [0.25, 0.3) is 0 Å². The summed E-state index contributed by atoms with van der Waals surface area (Å²) in [5.41, 5.74) is 2.75. The molecule has 0 atom stereocenters. The molecule has 0 aliphatic carbocycles. The number of carbonyl (C=O) groups is 2. The SMILES string of the molecule is CCCNC(=O)Oc1ccc(C(c2ccc(OC(=O)NCCC)cc2)(c2ccc(Sc3ccc(F)cc3)cc2)c2ccc(Sc3ccc(F)cc3)cc2)cc1. The van der Waals surface area contributed by atoms with E-state index in [1.807, 2.05) is 62.4 Å². The van der Waals surface area contributed by atoms with Gasteiger partial charge in [-0.25, -0.2) is 18.4 Å². The zero-order valence-corrected chi connectivity index (χ0v) is 32.0. The van der Waals surface area contributed by atoms with Crippen molar-refractivity contribution in [1.29, 1.82) is 0 Å². The molecular weight excluding hydrogens is 735 g/mol. The van der Waals surface area contributed by atoms with Gasteiger partial charge in [-0.3, -0.25) is 0 Å². The van der Waals surface area contributed by atoms with Gasteiger partial charge in [-0.2, -0.15) is 0 Å². The zero-order valence-electron chi connectivity index (χ0n) is 30.4. The molecule has 2 amide bonds. The minimum absolute atomic E-state index is 0.289. The summed E-state index contributed by atoms with van der Waals surface area (Å²) in [4.78, 5) is 28.6. The molecule has 0 spiro atoms. The third-order valence-corrected chi connectivity index (χ3v) is 10.7. The maximum Gasteiger partial charge on any atom is 0.412 e. The van der Waals surface area contributed by atoms with E-state index in [1.54, 1.807) is 48.5 Å². The van der Waals surface area contributed by atoms with Crippen LogP contribution < -0.4 is 20.1 Å². The Balaban J connectivity index is 1.46. The predicted octanol–water partition coefficient (Wildman–Crippen LogP) is 11.6. The van der Waals surface area contributed by atoms with E-state index in [9.17, 15) is 18.4 Å². The molecule has 6 rings (SSSR count). The number of hydrogen-bond donors (Lipinski definition) is 2. The van der Waals surface area contributed by atoms with Crippen molar-refractivity contribution in [2.45, 2.75) is 51.7 Å². The first-order valence-corrected chi connectivity index (χ1v) is 19.6. The zero-order chi connectivity index (χ0) is 38.6. The van der Waals surface area contributed by atoms with Gasteiger partial charge in [0, 0.05) is 32.7 Å². The normalized spacial score (nSPS) is 11.1. The first-order valence-electron chi connectivity index (χ1n) is 18.0.